The van der Waals surface area contributed by atoms with Crippen molar-refractivity contribution in [2.75, 3.05) is 29.6 Å². The Balaban J connectivity index is 1.39. The summed E-state index contributed by atoms with van der Waals surface area (Å²) in [6.07, 6.45) is 12.8. The standard InChI is InChI=1S/C24H31N5O2S/c1-32(30,31)19-11-15-28(16-12-19)21-8-5-9-22-20(21)13-17-29(22)23-10-14-25-24(27-23)26-18-6-3-2-4-7-18/h5,8-10,13-14,17-19H,2-4,6-7,11-12,15-16H2,1H3,(H,25,26,27). The van der Waals surface area contributed by atoms with Gasteiger partial charge in [0, 0.05) is 48.9 Å². The van der Waals surface area contributed by atoms with E-state index >= 15 is 0 Å². The number of hydrogen-bond donors (Lipinski definition) is 1. The highest BCUT2D eigenvalue weighted by Gasteiger charge is 2.27. The van der Waals surface area contributed by atoms with E-state index in [0.717, 1.165) is 35.5 Å². The maximum absolute atomic E-state index is 11.9. The lowest BCUT2D eigenvalue weighted by molar-refractivity contribution is 0.461. The molecule has 1 saturated carbocycles. The van der Waals surface area contributed by atoms with Crippen LogP contribution < -0.4 is 10.2 Å². The van der Waals surface area contributed by atoms with Crippen LogP contribution in [0.3, 0.4) is 0 Å². The van der Waals surface area contributed by atoms with Crippen LogP contribution >= 0.6 is 0 Å². The average Bonchev–Trinajstić information content (AvgIpc) is 3.24. The van der Waals surface area contributed by atoms with Crippen LogP contribution in [0, 0.1) is 0 Å². The van der Waals surface area contributed by atoms with Gasteiger partial charge in [0.25, 0.3) is 0 Å². The maximum atomic E-state index is 11.9. The van der Waals surface area contributed by atoms with Gasteiger partial charge in [0.1, 0.15) is 15.7 Å². The largest absolute Gasteiger partial charge is 0.371 e. The van der Waals surface area contributed by atoms with Crippen LogP contribution in [0.1, 0.15) is 44.9 Å². The van der Waals surface area contributed by atoms with E-state index in [4.69, 9.17) is 4.98 Å². The van der Waals surface area contributed by atoms with E-state index in [9.17, 15) is 8.42 Å². The van der Waals surface area contributed by atoms with E-state index in [1.54, 1.807) is 0 Å². The highest BCUT2D eigenvalue weighted by molar-refractivity contribution is 7.91. The van der Waals surface area contributed by atoms with Gasteiger partial charge in [-0.1, -0.05) is 25.3 Å². The Hall–Kier alpha value is -2.61. The SMILES string of the molecule is CS(=O)(=O)C1CCN(c2cccc3c2ccn3-c2ccnc(NC3CCCCC3)n2)CC1. The summed E-state index contributed by atoms with van der Waals surface area (Å²) in [7, 11) is -2.97. The number of nitrogens with one attached hydrogen (secondary N) is 1. The van der Waals surface area contributed by atoms with Crippen molar-refractivity contribution in [2.24, 2.45) is 0 Å². The lowest BCUT2D eigenvalue weighted by Crippen LogP contribution is -2.39. The van der Waals surface area contributed by atoms with E-state index in [1.165, 1.54) is 38.4 Å². The Morgan fingerprint density at radius 2 is 1.78 bits per heavy atom. The van der Waals surface area contributed by atoms with Crippen LogP contribution in [0.2, 0.25) is 0 Å². The van der Waals surface area contributed by atoms with Gasteiger partial charge in [-0.25, -0.2) is 13.4 Å². The smallest absolute Gasteiger partial charge is 0.224 e. The van der Waals surface area contributed by atoms with Crippen molar-refractivity contribution >= 4 is 32.4 Å². The first-order valence-electron chi connectivity index (χ1n) is 11.6. The molecular weight excluding hydrogens is 422 g/mol. The zero-order chi connectivity index (χ0) is 22.1. The fourth-order valence-corrected chi connectivity index (χ4v) is 6.20. The third kappa shape index (κ3) is 4.33. The molecule has 0 atom stereocenters. The van der Waals surface area contributed by atoms with Crippen molar-refractivity contribution in [3.8, 4) is 5.82 Å². The predicted molar refractivity (Wildman–Crippen MR) is 129 cm³/mol. The number of hydrogen-bond acceptors (Lipinski definition) is 6. The monoisotopic (exact) mass is 453 g/mol. The third-order valence-electron chi connectivity index (χ3n) is 6.92. The second-order valence-electron chi connectivity index (χ2n) is 9.13. The predicted octanol–water partition coefficient (Wildman–Crippen LogP) is 4.18. The lowest BCUT2D eigenvalue weighted by Gasteiger charge is -2.33. The molecule has 2 aliphatic rings. The van der Waals surface area contributed by atoms with Crippen LogP contribution in [0.15, 0.2) is 42.7 Å². The molecule has 0 bridgehead atoms. The van der Waals surface area contributed by atoms with Crippen molar-refractivity contribution in [3.05, 3.63) is 42.7 Å². The molecule has 1 saturated heterocycles. The lowest BCUT2D eigenvalue weighted by atomic mass is 9.96. The number of nitrogens with zero attached hydrogens (tertiary/aromatic N) is 4. The van der Waals surface area contributed by atoms with Gasteiger partial charge in [0.15, 0.2) is 0 Å². The molecule has 3 heterocycles. The average molecular weight is 454 g/mol. The van der Waals surface area contributed by atoms with Crippen LogP contribution in [-0.4, -0.2) is 53.6 Å². The minimum atomic E-state index is -2.97. The first-order chi connectivity index (χ1) is 15.5. The second kappa shape index (κ2) is 8.73. The molecule has 0 radical (unpaired) electrons. The number of anilines is 2. The molecule has 2 aromatic heterocycles. The van der Waals surface area contributed by atoms with Crippen LogP contribution in [0.5, 0.6) is 0 Å². The first-order valence-corrected chi connectivity index (χ1v) is 13.6. The second-order valence-corrected chi connectivity index (χ2v) is 11.5. The van der Waals surface area contributed by atoms with Crippen LogP contribution in [-0.2, 0) is 9.84 Å². The Bertz CT molecular complexity index is 1190. The Kier molecular flexibility index (Phi) is 5.80. The van der Waals surface area contributed by atoms with E-state index in [0.29, 0.717) is 24.8 Å². The summed E-state index contributed by atoms with van der Waals surface area (Å²) in [5, 5.41) is 4.45. The molecule has 170 valence electrons. The Morgan fingerprint density at radius 3 is 2.53 bits per heavy atom. The first kappa shape index (κ1) is 21.2. The van der Waals surface area contributed by atoms with Crippen molar-refractivity contribution < 1.29 is 8.42 Å². The summed E-state index contributed by atoms with van der Waals surface area (Å²) < 4.78 is 25.9. The van der Waals surface area contributed by atoms with E-state index in [2.05, 4.69) is 50.2 Å². The van der Waals surface area contributed by atoms with Gasteiger partial charge in [0.05, 0.1) is 10.8 Å². The molecule has 8 heteroatoms. The highest BCUT2D eigenvalue weighted by Crippen LogP contribution is 2.32. The molecule has 0 unspecified atom stereocenters. The number of piperidine rings is 1. The molecule has 2 fully saturated rings. The van der Waals surface area contributed by atoms with Crippen molar-refractivity contribution in [3.63, 3.8) is 0 Å². The molecule has 0 amide bonds. The van der Waals surface area contributed by atoms with E-state index in [-0.39, 0.29) is 5.25 Å². The normalized spacial score (nSPS) is 18.8. The van der Waals surface area contributed by atoms with Gasteiger partial charge in [-0.3, -0.25) is 0 Å². The zero-order valence-corrected chi connectivity index (χ0v) is 19.4. The van der Waals surface area contributed by atoms with E-state index in [1.807, 2.05) is 12.3 Å². The van der Waals surface area contributed by atoms with Crippen LogP contribution in [0.4, 0.5) is 11.6 Å². The highest BCUT2D eigenvalue weighted by atomic mass is 32.2. The minimum Gasteiger partial charge on any atom is -0.371 e. The quantitative estimate of drug-likeness (QED) is 0.624. The summed E-state index contributed by atoms with van der Waals surface area (Å²) in [5.41, 5.74) is 2.25. The molecule has 5 rings (SSSR count). The molecule has 0 spiro atoms. The van der Waals surface area contributed by atoms with E-state index < -0.39 is 9.84 Å². The van der Waals surface area contributed by atoms with Crippen molar-refractivity contribution in [1.82, 2.24) is 14.5 Å². The number of rotatable bonds is 5. The Morgan fingerprint density at radius 1 is 1.00 bits per heavy atom. The Labute approximate surface area is 189 Å². The summed E-state index contributed by atoms with van der Waals surface area (Å²) in [5.74, 6) is 1.54. The summed E-state index contributed by atoms with van der Waals surface area (Å²) in [6.45, 7) is 1.51. The van der Waals surface area contributed by atoms with Gasteiger partial charge in [0.2, 0.25) is 5.95 Å². The van der Waals surface area contributed by atoms with Gasteiger partial charge in [-0.05, 0) is 49.9 Å². The van der Waals surface area contributed by atoms with Gasteiger partial charge >= 0.3 is 0 Å². The number of sulfone groups is 1. The fraction of sp³-hybridized carbons (Fsp3) is 0.500. The van der Waals surface area contributed by atoms with Crippen molar-refractivity contribution in [2.45, 2.75) is 56.2 Å². The molecule has 7 nitrogen and oxygen atoms in total. The summed E-state index contributed by atoms with van der Waals surface area (Å²) in [6, 6.07) is 10.8. The molecule has 1 aromatic carbocycles. The minimum absolute atomic E-state index is 0.223. The fourth-order valence-electron chi connectivity index (χ4n) is 5.13. The third-order valence-corrected chi connectivity index (χ3v) is 8.61. The van der Waals surface area contributed by atoms with Gasteiger partial charge in [-0.2, -0.15) is 4.98 Å². The topological polar surface area (TPSA) is 80.1 Å². The van der Waals surface area contributed by atoms with Crippen LogP contribution in [0.25, 0.3) is 16.7 Å². The maximum Gasteiger partial charge on any atom is 0.224 e. The van der Waals surface area contributed by atoms with Crippen molar-refractivity contribution in [1.29, 1.82) is 0 Å². The van der Waals surface area contributed by atoms with Gasteiger partial charge < -0.3 is 14.8 Å². The number of aromatic nitrogens is 3. The van der Waals surface area contributed by atoms with Gasteiger partial charge in [-0.15, -0.1) is 0 Å². The zero-order valence-electron chi connectivity index (χ0n) is 18.6. The molecule has 32 heavy (non-hydrogen) atoms. The molecule has 3 aromatic rings. The summed E-state index contributed by atoms with van der Waals surface area (Å²) in [4.78, 5) is 11.6. The number of benzene rings is 1. The summed E-state index contributed by atoms with van der Waals surface area (Å²) >= 11 is 0. The molecular formula is C24H31N5O2S. The molecule has 1 N–H and O–H groups in total. The molecule has 1 aliphatic carbocycles. The number of fused-ring (bicyclic) bond motifs is 1. The molecule has 1 aliphatic heterocycles.